The molecule has 0 saturated heterocycles. The SMILES string of the molecule is C/C=C/C(C)=C/C=C/C=C(C)/C=C/C=C(C)/C=C/C1=C(C)C(C)C(C)CC1(C)C. The van der Waals surface area contributed by atoms with Crippen LogP contribution in [0.3, 0.4) is 0 Å². The Labute approximate surface area is 180 Å². The molecular formula is C29H42. The van der Waals surface area contributed by atoms with Crippen LogP contribution >= 0.6 is 0 Å². The Hall–Kier alpha value is -2.08. The van der Waals surface area contributed by atoms with Crippen molar-refractivity contribution in [1.82, 2.24) is 0 Å². The van der Waals surface area contributed by atoms with Crippen LogP contribution < -0.4 is 0 Å². The monoisotopic (exact) mass is 390 g/mol. The zero-order chi connectivity index (χ0) is 22.0. The first-order chi connectivity index (χ1) is 13.6. The highest BCUT2D eigenvalue weighted by molar-refractivity contribution is 5.38. The molecule has 0 aromatic heterocycles. The first-order valence-corrected chi connectivity index (χ1v) is 11.0. The lowest BCUT2D eigenvalue weighted by molar-refractivity contribution is 0.256. The van der Waals surface area contributed by atoms with E-state index >= 15 is 0 Å². The predicted molar refractivity (Wildman–Crippen MR) is 133 cm³/mol. The van der Waals surface area contributed by atoms with E-state index in [1.165, 1.54) is 28.7 Å². The van der Waals surface area contributed by atoms with Gasteiger partial charge in [-0.3, -0.25) is 0 Å². The van der Waals surface area contributed by atoms with Crippen molar-refractivity contribution in [1.29, 1.82) is 0 Å². The van der Waals surface area contributed by atoms with Gasteiger partial charge in [0.2, 0.25) is 0 Å². The van der Waals surface area contributed by atoms with Crippen molar-refractivity contribution in [3.05, 3.63) is 94.7 Å². The fourth-order valence-electron chi connectivity index (χ4n) is 4.07. The van der Waals surface area contributed by atoms with Gasteiger partial charge in [0.25, 0.3) is 0 Å². The molecule has 0 heteroatoms. The maximum atomic E-state index is 2.39. The molecule has 0 bridgehead atoms. The summed E-state index contributed by atoms with van der Waals surface area (Å²) in [6.45, 7) is 20.3. The van der Waals surface area contributed by atoms with Gasteiger partial charge in [-0.05, 0) is 63.9 Å². The maximum Gasteiger partial charge on any atom is -0.0101 e. The second kappa shape index (κ2) is 11.8. The summed E-state index contributed by atoms with van der Waals surface area (Å²) in [5.41, 5.74) is 7.09. The smallest absolute Gasteiger partial charge is 0.0101 e. The number of rotatable bonds is 7. The number of hydrogen-bond donors (Lipinski definition) is 0. The van der Waals surface area contributed by atoms with E-state index in [1.807, 2.05) is 6.92 Å². The Morgan fingerprint density at radius 1 is 0.828 bits per heavy atom. The van der Waals surface area contributed by atoms with E-state index in [4.69, 9.17) is 0 Å². The van der Waals surface area contributed by atoms with Crippen LogP contribution in [-0.4, -0.2) is 0 Å². The molecule has 0 spiro atoms. The van der Waals surface area contributed by atoms with E-state index in [1.54, 1.807) is 5.57 Å². The second-order valence-electron chi connectivity index (χ2n) is 9.26. The van der Waals surface area contributed by atoms with Crippen molar-refractivity contribution in [2.75, 3.05) is 0 Å². The molecule has 0 saturated carbocycles. The third kappa shape index (κ3) is 8.44. The molecular weight excluding hydrogens is 348 g/mol. The first-order valence-electron chi connectivity index (χ1n) is 11.0. The maximum absolute atomic E-state index is 2.39. The van der Waals surface area contributed by atoms with Gasteiger partial charge in [0.15, 0.2) is 0 Å². The average molecular weight is 391 g/mol. The summed E-state index contributed by atoms with van der Waals surface area (Å²) in [5, 5.41) is 0. The predicted octanol–water partition coefficient (Wildman–Crippen LogP) is 9.09. The van der Waals surface area contributed by atoms with Crippen LogP contribution in [0.15, 0.2) is 94.7 Å². The fourth-order valence-corrected chi connectivity index (χ4v) is 4.07. The molecule has 0 radical (unpaired) electrons. The van der Waals surface area contributed by atoms with Crippen LogP contribution in [0.2, 0.25) is 0 Å². The summed E-state index contributed by atoms with van der Waals surface area (Å²) in [6.07, 6.45) is 24.9. The minimum Gasteiger partial charge on any atom is -0.0874 e. The Morgan fingerprint density at radius 3 is 1.93 bits per heavy atom. The molecule has 0 amide bonds. The van der Waals surface area contributed by atoms with Gasteiger partial charge in [-0.1, -0.05) is 117 Å². The highest BCUT2D eigenvalue weighted by atomic mass is 14.4. The summed E-state index contributed by atoms with van der Waals surface area (Å²) >= 11 is 0. The number of allylic oxidation sites excluding steroid dienone is 16. The van der Waals surface area contributed by atoms with Crippen LogP contribution in [0.4, 0.5) is 0 Å². The lowest BCUT2D eigenvalue weighted by atomic mass is 9.65. The van der Waals surface area contributed by atoms with Gasteiger partial charge in [0, 0.05) is 0 Å². The molecule has 1 aliphatic carbocycles. The summed E-state index contributed by atoms with van der Waals surface area (Å²) in [6, 6.07) is 0. The molecule has 0 aromatic carbocycles. The molecule has 29 heavy (non-hydrogen) atoms. The van der Waals surface area contributed by atoms with Gasteiger partial charge in [0.05, 0.1) is 0 Å². The van der Waals surface area contributed by atoms with Crippen molar-refractivity contribution in [2.24, 2.45) is 17.3 Å². The molecule has 1 rings (SSSR count). The minimum absolute atomic E-state index is 0.258. The van der Waals surface area contributed by atoms with E-state index in [-0.39, 0.29) is 5.41 Å². The average Bonchev–Trinajstić information content (AvgIpc) is 2.63. The molecule has 1 aliphatic rings. The highest BCUT2D eigenvalue weighted by Gasteiger charge is 2.34. The lowest BCUT2D eigenvalue weighted by Crippen LogP contribution is -2.29. The van der Waals surface area contributed by atoms with E-state index in [2.05, 4.69) is 122 Å². The van der Waals surface area contributed by atoms with Gasteiger partial charge in [-0.15, -0.1) is 0 Å². The zero-order valence-electron chi connectivity index (χ0n) is 20.2. The third-order valence-electron chi connectivity index (χ3n) is 6.01. The van der Waals surface area contributed by atoms with E-state index in [0.717, 1.165) is 5.92 Å². The Balaban J connectivity index is 2.79. The van der Waals surface area contributed by atoms with Crippen molar-refractivity contribution in [2.45, 2.75) is 68.7 Å². The minimum atomic E-state index is 0.258. The molecule has 0 aromatic rings. The molecule has 0 fully saturated rings. The Bertz CT molecular complexity index is 782. The van der Waals surface area contributed by atoms with Crippen molar-refractivity contribution in [3.63, 3.8) is 0 Å². The number of hydrogen-bond acceptors (Lipinski definition) is 0. The van der Waals surface area contributed by atoms with Gasteiger partial charge in [0.1, 0.15) is 0 Å². The van der Waals surface area contributed by atoms with Crippen LogP contribution in [0.1, 0.15) is 68.7 Å². The standard InChI is InChI=1S/C29H42/c1-10-14-22(2)15-11-12-16-23(3)17-13-18-24(4)19-20-28-27(7)26(6)25(5)21-29(28,8)9/h10-20,25-26H,21H2,1-9H3/b12-11+,14-10+,17-13+,20-19+,22-15+,23-16+,24-18+. The van der Waals surface area contributed by atoms with Crippen LogP contribution in [0.5, 0.6) is 0 Å². The van der Waals surface area contributed by atoms with Crippen molar-refractivity contribution >= 4 is 0 Å². The quantitative estimate of drug-likeness (QED) is 0.380. The topological polar surface area (TPSA) is 0 Å². The fraction of sp³-hybridized carbons (Fsp3) is 0.448. The summed E-state index contributed by atoms with van der Waals surface area (Å²) < 4.78 is 0. The zero-order valence-corrected chi connectivity index (χ0v) is 20.2. The van der Waals surface area contributed by atoms with Crippen LogP contribution in [0, 0.1) is 17.3 Å². The van der Waals surface area contributed by atoms with E-state index < -0.39 is 0 Å². The van der Waals surface area contributed by atoms with Crippen LogP contribution in [-0.2, 0) is 0 Å². The van der Waals surface area contributed by atoms with E-state index in [9.17, 15) is 0 Å². The molecule has 0 heterocycles. The molecule has 0 nitrogen and oxygen atoms in total. The van der Waals surface area contributed by atoms with Gasteiger partial charge in [-0.2, -0.15) is 0 Å². The molecule has 2 atom stereocenters. The lowest BCUT2D eigenvalue weighted by Gasteiger charge is -2.40. The Morgan fingerprint density at radius 2 is 1.34 bits per heavy atom. The largest absolute Gasteiger partial charge is 0.0874 e. The molecule has 0 aliphatic heterocycles. The van der Waals surface area contributed by atoms with Gasteiger partial charge < -0.3 is 0 Å². The molecule has 2 unspecified atom stereocenters. The van der Waals surface area contributed by atoms with Gasteiger partial charge in [-0.25, -0.2) is 0 Å². The molecule has 0 N–H and O–H groups in total. The first kappa shape index (κ1) is 25.0. The highest BCUT2D eigenvalue weighted by Crippen LogP contribution is 2.46. The van der Waals surface area contributed by atoms with Crippen molar-refractivity contribution in [3.8, 4) is 0 Å². The van der Waals surface area contributed by atoms with Crippen molar-refractivity contribution < 1.29 is 0 Å². The summed E-state index contributed by atoms with van der Waals surface area (Å²) in [4.78, 5) is 0. The Kier molecular flexibility index (Phi) is 10.2. The van der Waals surface area contributed by atoms with Crippen LogP contribution in [0.25, 0.3) is 0 Å². The summed E-state index contributed by atoms with van der Waals surface area (Å²) in [7, 11) is 0. The second-order valence-corrected chi connectivity index (χ2v) is 9.26. The third-order valence-corrected chi connectivity index (χ3v) is 6.01. The van der Waals surface area contributed by atoms with E-state index in [0.29, 0.717) is 5.92 Å². The van der Waals surface area contributed by atoms with Gasteiger partial charge >= 0.3 is 0 Å². The summed E-state index contributed by atoms with van der Waals surface area (Å²) in [5.74, 6) is 1.43. The molecule has 158 valence electrons. The normalized spacial score (nSPS) is 24.8.